The number of hydrogen-bond donors (Lipinski definition) is 3. The highest BCUT2D eigenvalue weighted by Gasteiger charge is 2.46. The van der Waals surface area contributed by atoms with Gasteiger partial charge in [-0.3, -0.25) is 14.4 Å². The SMILES string of the molecule is C[C@H](N)C(=O)N[C@H]1CC[C@H]2CC[C@@H](C(=O)NCc3ccc(Br)cc3)N2C1=O. The summed E-state index contributed by atoms with van der Waals surface area (Å²) >= 11 is 3.39. The topological polar surface area (TPSA) is 105 Å². The van der Waals surface area contributed by atoms with E-state index in [2.05, 4.69) is 26.6 Å². The predicted molar refractivity (Wildman–Crippen MR) is 104 cm³/mol. The van der Waals surface area contributed by atoms with Crippen LogP contribution in [0.15, 0.2) is 28.7 Å². The third kappa shape index (κ3) is 4.50. The molecule has 0 bridgehead atoms. The summed E-state index contributed by atoms with van der Waals surface area (Å²) in [7, 11) is 0. The number of nitrogens with zero attached hydrogens (tertiary/aromatic N) is 1. The molecule has 1 aromatic rings. The Hall–Kier alpha value is -1.93. The molecule has 2 saturated heterocycles. The second-order valence-electron chi connectivity index (χ2n) is 7.26. The van der Waals surface area contributed by atoms with Gasteiger partial charge in [-0.1, -0.05) is 28.1 Å². The van der Waals surface area contributed by atoms with Gasteiger partial charge in [0.1, 0.15) is 12.1 Å². The highest BCUT2D eigenvalue weighted by atomic mass is 79.9. The summed E-state index contributed by atoms with van der Waals surface area (Å²) < 4.78 is 0.981. The van der Waals surface area contributed by atoms with Gasteiger partial charge in [0.05, 0.1) is 6.04 Å². The number of carbonyl (C=O) groups is 3. The van der Waals surface area contributed by atoms with E-state index >= 15 is 0 Å². The van der Waals surface area contributed by atoms with Crippen molar-refractivity contribution in [1.29, 1.82) is 0 Å². The van der Waals surface area contributed by atoms with Gasteiger partial charge in [0.15, 0.2) is 0 Å². The van der Waals surface area contributed by atoms with Crippen molar-refractivity contribution in [3.8, 4) is 0 Å². The van der Waals surface area contributed by atoms with Gasteiger partial charge in [0, 0.05) is 17.1 Å². The van der Waals surface area contributed by atoms with Gasteiger partial charge in [-0.2, -0.15) is 0 Å². The normalized spacial score (nSPS) is 25.7. The maximum atomic E-state index is 12.9. The molecule has 0 aliphatic carbocycles. The molecule has 7 nitrogen and oxygen atoms in total. The van der Waals surface area contributed by atoms with E-state index in [9.17, 15) is 14.4 Å². The molecule has 146 valence electrons. The molecule has 0 unspecified atom stereocenters. The van der Waals surface area contributed by atoms with Crippen LogP contribution in [0.25, 0.3) is 0 Å². The van der Waals surface area contributed by atoms with Crippen molar-refractivity contribution in [1.82, 2.24) is 15.5 Å². The Kier molecular flexibility index (Phi) is 6.16. The smallest absolute Gasteiger partial charge is 0.246 e. The number of rotatable bonds is 5. The molecule has 8 heteroatoms. The van der Waals surface area contributed by atoms with E-state index in [4.69, 9.17) is 5.73 Å². The van der Waals surface area contributed by atoms with Crippen LogP contribution >= 0.6 is 15.9 Å². The molecular formula is C19H25BrN4O3. The average molecular weight is 437 g/mol. The molecule has 2 fully saturated rings. The molecular weight excluding hydrogens is 412 g/mol. The zero-order valence-electron chi connectivity index (χ0n) is 15.3. The number of benzene rings is 1. The van der Waals surface area contributed by atoms with Crippen LogP contribution in [0, 0.1) is 0 Å². The molecule has 0 aromatic heterocycles. The van der Waals surface area contributed by atoms with E-state index in [0.29, 0.717) is 19.4 Å². The summed E-state index contributed by atoms with van der Waals surface area (Å²) in [5, 5.41) is 5.64. The number of hydrogen-bond acceptors (Lipinski definition) is 4. The maximum Gasteiger partial charge on any atom is 0.246 e. The van der Waals surface area contributed by atoms with E-state index < -0.39 is 18.1 Å². The van der Waals surface area contributed by atoms with Crippen molar-refractivity contribution in [2.75, 3.05) is 0 Å². The average Bonchev–Trinajstić information content (AvgIpc) is 3.08. The van der Waals surface area contributed by atoms with Crippen molar-refractivity contribution >= 4 is 33.7 Å². The second kappa shape index (κ2) is 8.39. The molecule has 0 radical (unpaired) electrons. The van der Waals surface area contributed by atoms with Crippen LogP contribution in [-0.4, -0.2) is 46.8 Å². The summed E-state index contributed by atoms with van der Waals surface area (Å²) in [6, 6.07) is 6.05. The van der Waals surface area contributed by atoms with Gasteiger partial charge in [-0.25, -0.2) is 0 Å². The Balaban J connectivity index is 1.62. The van der Waals surface area contributed by atoms with Crippen molar-refractivity contribution in [3.05, 3.63) is 34.3 Å². The minimum absolute atomic E-state index is 0.0735. The molecule has 1 aromatic carbocycles. The standard InChI is InChI=1S/C19H25BrN4O3/c1-11(21)17(25)23-15-8-6-14-7-9-16(24(14)19(15)27)18(26)22-10-12-2-4-13(20)5-3-12/h2-5,11,14-16H,6-10,21H2,1H3,(H,22,26)(H,23,25)/t11-,14-,15-,16-/m0/s1. The fourth-order valence-corrected chi connectivity index (χ4v) is 4.03. The fraction of sp³-hybridized carbons (Fsp3) is 0.526. The lowest BCUT2D eigenvalue weighted by molar-refractivity contribution is -0.146. The molecule has 27 heavy (non-hydrogen) atoms. The summed E-state index contributed by atoms with van der Waals surface area (Å²) in [5.74, 6) is -0.670. The fourth-order valence-electron chi connectivity index (χ4n) is 3.77. The minimum atomic E-state index is -0.667. The predicted octanol–water partition coefficient (Wildman–Crippen LogP) is 1.05. The summed E-state index contributed by atoms with van der Waals surface area (Å²) in [6.07, 6.45) is 2.84. The van der Waals surface area contributed by atoms with Crippen molar-refractivity contribution in [2.24, 2.45) is 5.73 Å². The Labute approximate surface area is 167 Å². The van der Waals surface area contributed by atoms with E-state index in [1.807, 2.05) is 24.3 Å². The monoisotopic (exact) mass is 436 g/mol. The zero-order valence-corrected chi connectivity index (χ0v) is 16.9. The Morgan fingerprint density at radius 1 is 1.22 bits per heavy atom. The van der Waals surface area contributed by atoms with Crippen LogP contribution in [0.1, 0.15) is 38.2 Å². The first-order valence-corrected chi connectivity index (χ1v) is 10.1. The van der Waals surface area contributed by atoms with Gasteiger partial charge in [0.2, 0.25) is 17.7 Å². The second-order valence-corrected chi connectivity index (χ2v) is 8.18. The first-order valence-electron chi connectivity index (χ1n) is 9.27. The third-order valence-electron chi connectivity index (χ3n) is 5.26. The van der Waals surface area contributed by atoms with Crippen LogP contribution in [0.4, 0.5) is 0 Å². The van der Waals surface area contributed by atoms with Gasteiger partial charge >= 0.3 is 0 Å². The van der Waals surface area contributed by atoms with Crippen LogP contribution < -0.4 is 16.4 Å². The molecule has 3 rings (SSSR count). The van der Waals surface area contributed by atoms with E-state index in [0.717, 1.165) is 22.9 Å². The number of piperidine rings is 1. The number of halogens is 1. The Morgan fingerprint density at radius 3 is 2.56 bits per heavy atom. The summed E-state index contributed by atoms with van der Waals surface area (Å²) in [6.45, 7) is 2.00. The zero-order chi connectivity index (χ0) is 19.6. The molecule has 0 spiro atoms. The van der Waals surface area contributed by atoms with Crippen molar-refractivity contribution < 1.29 is 14.4 Å². The van der Waals surface area contributed by atoms with Gasteiger partial charge < -0.3 is 21.3 Å². The number of amides is 3. The summed E-state index contributed by atoms with van der Waals surface area (Å²) in [4.78, 5) is 39.1. The lowest BCUT2D eigenvalue weighted by atomic mass is 9.97. The van der Waals surface area contributed by atoms with E-state index in [1.165, 1.54) is 0 Å². The molecule has 4 N–H and O–H groups in total. The molecule has 4 atom stereocenters. The van der Waals surface area contributed by atoms with Gasteiger partial charge in [-0.15, -0.1) is 0 Å². The first kappa shape index (κ1) is 19.8. The van der Waals surface area contributed by atoms with Crippen molar-refractivity contribution in [3.63, 3.8) is 0 Å². The number of carbonyl (C=O) groups excluding carboxylic acids is 3. The molecule has 2 heterocycles. The Morgan fingerprint density at radius 2 is 1.89 bits per heavy atom. The van der Waals surface area contributed by atoms with Crippen LogP contribution in [-0.2, 0) is 20.9 Å². The van der Waals surface area contributed by atoms with Gasteiger partial charge in [0.25, 0.3) is 0 Å². The Bertz CT molecular complexity index is 722. The first-order chi connectivity index (χ1) is 12.9. The maximum absolute atomic E-state index is 12.9. The van der Waals surface area contributed by atoms with Crippen molar-refractivity contribution in [2.45, 2.75) is 63.3 Å². The van der Waals surface area contributed by atoms with Gasteiger partial charge in [-0.05, 0) is 50.3 Å². The number of nitrogens with one attached hydrogen (secondary N) is 2. The highest BCUT2D eigenvalue weighted by Crippen LogP contribution is 2.32. The minimum Gasteiger partial charge on any atom is -0.350 e. The van der Waals surface area contributed by atoms with E-state index in [1.54, 1.807) is 11.8 Å². The van der Waals surface area contributed by atoms with Crippen LogP contribution in [0.3, 0.4) is 0 Å². The molecule has 2 aliphatic rings. The number of fused-ring (bicyclic) bond motifs is 1. The summed E-state index contributed by atoms with van der Waals surface area (Å²) in [5.41, 5.74) is 6.57. The molecule has 0 saturated carbocycles. The van der Waals surface area contributed by atoms with Crippen LogP contribution in [0.5, 0.6) is 0 Å². The molecule has 3 amide bonds. The third-order valence-corrected chi connectivity index (χ3v) is 5.79. The highest BCUT2D eigenvalue weighted by molar-refractivity contribution is 9.10. The lowest BCUT2D eigenvalue weighted by Crippen LogP contribution is -2.59. The number of nitrogens with two attached hydrogens (primary N) is 1. The van der Waals surface area contributed by atoms with E-state index in [-0.39, 0.29) is 23.8 Å². The molecule has 2 aliphatic heterocycles. The quantitative estimate of drug-likeness (QED) is 0.641. The van der Waals surface area contributed by atoms with Crippen LogP contribution in [0.2, 0.25) is 0 Å². The lowest BCUT2D eigenvalue weighted by Gasteiger charge is -2.38. The largest absolute Gasteiger partial charge is 0.350 e.